The Balaban J connectivity index is 2.04. The van der Waals surface area contributed by atoms with E-state index in [1.165, 1.54) is 13.2 Å². The van der Waals surface area contributed by atoms with Crippen molar-refractivity contribution in [2.45, 2.75) is 6.04 Å². The standard InChI is InChI=1S/C13H13NO3/c1-16-12(15)8-7-11-9-17-13(14-11)10-5-3-2-4-6-10/h2-8,11H,9H2,1H3/b8-7-/t11-/m1/s1. The van der Waals surface area contributed by atoms with Crippen molar-refractivity contribution in [2.24, 2.45) is 4.99 Å². The van der Waals surface area contributed by atoms with Crippen LogP contribution in [0.15, 0.2) is 47.5 Å². The first-order valence-corrected chi connectivity index (χ1v) is 5.32. The lowest BCUT2D eigenvalue weighted by Crippen LogP contribution is -2.04. The molecule has 0 radical (unpaired) electrons. The average molecular weight is 231 g/mol. The maximum atomic E-state index is 10.9. The van der Waals surface area contributed by atoms with Crippen molar-refractivity contribution >= 4 is 11.9 Å². The van der Waals surface area contributed by atoms with E-state index in [2.05, 4.69) is 9.73 Å². The molecule has 4 nitrogen and oxygen atoms in total. The van der Waals surface area contributed by atoms with Crippen LogP contribution < -0.4 is 0 Å². The summed E-state index contributed by atoms with van der Waals surface area (Å²) >= 11 is 0. The summed E-state index contributed by atoms with van der Waals surface area (Å²) in [6.07, 6.45) is 3.05. The smallest absolute Gasteiger partial charge is 0.330 e. The molecule has 1 aromatic carbocycles. The van der Waals surface area contributed by atoms with Crippen molar-refractivity contribution in [3.05, 3.63) is 48.0 Å². The number of methoxy groups -OCH3 is 1. The molecule has 2 rings (SSSR count). The monoisotopic (exact) mass is 231 g/mol. The van der Waals surface area contributed by atoms with Gasteiger partial charge < -0.3 is 9.47 Å². The van der Waals surface area contributed by atoms with Gasteiger partial charge in [-0.3, -0.25) is 0 Å². The Kier molecular flexibility index (Phi) is 3.55. The fourth-order valence-corrected chi connectivity index (χ4v) is 1.48. The third-order valence-corrected chi connectivity index (χ3v) is 2.35. The third-order valence-electron chi connectivity index (χ3n) is 2.35. The van der Waals surface area contributed by atoms with Crippen LogP contribution in [-0.2, 0) is 14.3 Å². The fourth-order valence-electron chi connectivity index (χ4n) is 1.48. The quantitative estimate of drug-likeness (QED) is 0.586. The minimum Gasteiger partial charge on any atom is -0.475 e. The lowest BCUT2D eigenvalue weighted by Gasteiger charge is -1.99. The zero-order valence-electron chi connectivity index (χ0n) is 9.50. The molecule has 0 aromatic heterocycles. The van der Waals surface area contributed by atoms with E-state index in [0.29, 0.717) is 12.5 Å². The molecule has 17 heavy (non-hydrogen) atoms. The Labute approximate surface area is 99.6 Å². The van der Waals surface area contributed by atoms with Gasteiger partial charge in [0.05, 0.1) is 7.11 Å². The minimum absolute atomic E-state index is 0.121. The number of carbonyl (C=O) groups is 1. The van der Waals surface area contributed by atoms with Gasteiger partial charge in [0.2, 0.25) is 5.90 Å². The number of ether oxygens (including phenoxy) is 2. The van der Waals surface area contributed by atoms with Crippen molar-refractivity contribution in [2.75, 3.05) is 13.7 Å². The van der Waals surface area contributed by atoms with E-state index in [1.54, 1.807) is 6.08 Å². The molecule has 0 saturated heterocycles. The van der Waals surface area contributed by atoms with Crippen molar-refractivity contribution in [1.82, 2.24) is 0 Å². The molecule has 0 fully saturated rings. The van der Waals surface area contributed by atoms with Gasteiger partial charge in [-0.15, -0.1) is 0 Å². The number of carbonyl (C=O) groups excluding carboxylic acids is 1. The molecule has 4 heteroatoms. The first-order chi connectivity index (χ1) is 8.29. The molecule has 1 heterocycles. The van der Waals surface area contributed by atoms with Gasteiger partial charge in [0.15, 0.2) is 0 Å². The van der Waals surface area contributed by atoms with Gasteiger partial charge in [0.25, 0.3) is 0 Å². The number of aliphatic imine (C=N–C) groups is 1. The van der Waals surface area contributed by atoms with Crippen LogP contribution in [-0.4, -0.2) is 31.6 Å². The van der Waals surface area contributed by atoms with Crippen LogP contribution in [0.5, 0.6) is 0 Å². The van der Waals surface area contributed by atoms with Crippen LogP contribution in [0.1, 0.15) is 5.56 Å². The Hall–Kier alpha value is -2.10. The maximum absolute atomic E-state index is 10.9. The zero-order valence-corrected chi connectivity index (χ0v) is 9.50. The normalized spacial score (nSPS) is 18.9. The number of rotatable bonds is 3. The van der Waals surface area contributed by atoms with E-state index < -0.39 is 0 Å². The van der Waals surface area contributed by atoms with Crippen LogP contribution >= 0.6 is 0 Å². The van der Waals surface area contributed by atoms with Crippen LogP contribution in [0, 0.1) is 0 Å². The Morgan fingerprint density at radius 2 is 2.24 bits per heavy atom. The fraction of sp³-hybridized carbons (Fsp3) is 0.231. The number of nitrogens with zero attached hydrogens (tertiary/aromatic N) is 1. The first kappa shape index (κ1) is 11.4. The number of hydrogen-bond donors (Lipinski definition) is 0. The summed E-state index contributed by atoms with van der Waals surface area (Å²) in [5.74, 6) is 0.235. The van der Waals surface area contributed by atoms with E-state index in [0.717, 1.165) is 5.56 Å². The SMILES string of the molecule is COC(=O)/C=C\[C@@H]1COC(c2ccccc2)=N1. The predicted octanol–water partition coefficient (Wildman–Crippen LogP) is 1.56. The van der Waals surface area contributed by atoms with Crippen molar-refractivity contribution < 1.29 is 14.3 Å². The summed E-state index contributed by atoms with van der Waals surface area (Å²) in [5.41, 5.74) is 0.946. The second-order valence-corrected chi connectivity index (χ2v) is 3.56. The first-order valence-electron chi connectivity index (χ1n) is 5.32. The van der Waals surface area contributed by atoms with Gasteiger partial charge in [0.1, 0.15) is 12.6 Å². The minimum atomic E-state index is -0.381. The summed E-state index contributed by atoms with van der Waals surface area (Å²) in [6.45, 7) is 0.456. The highest BCUT2D eigenvalue weighted by Crippen LogP contribution is 2.12. The highest BCUT2D eigenvalue weighted by Gasteiger charge is 2.17. The lowest BCUT2D eigenvalue weighted by atomic mass is 10.2. The number of hydrogen-bond acceptors (Lipinski definition) is 4. The van der Waals surface area contributed by atoms with Gasteiger partial charge in [-0.2, -0.15) is 0 Å². The number of benzene rings is 1. The highest BCUT2D eigenvalue weighted by atomic mass is 16.5. The maximum Gasteiger partial charge on any atom is 0.330 e. The molecule has 88 valence electrons. The molecular formula is C13H13NO3. The molecule has 0 bridgehead atoms. The molecule has 0 aliphatic carbocycles. The van der Waals surface area contributed by atoms with Crippen molar-refractivity contribution in [1.29, 1.82) is 0 Å². The van der Waals surface area contributed by atoms with Gasteiger partial charge in [0, 0.05) is 11.6 Å². The van der Waals surface area contributed by atoms with Crippen LogP contribution in [0.4, 0.5) is 0 Å². The van der Waals surface area contributed by atoms with E-state index in [-0.39, 0.29) is 12.0 Å². The molecule has 1 atom stereocenters. The molecule has 0 unspecified atom stereocenters. The topological polar surface area (TPSA) is 47.9 Å². The van der Waals surface area contributed by atoms with Gasteiger partial charge >= 0.3 is 5.97 Å². The lowest BCUT2D eigenvalue weighted by molar-refractivity contribution is -0.134. The zero-order chi connectivity index (χ0) is 12.1. The molecule has 0 N–H and O–H groups in total. The van der Waals surface area contributed by atoms with Crippen LogP contribution in [0.2, 0.25) is 0 Å². The summed E-state index contributed by atoms with van der Waals surface area (Å²) in [6, 6.07) is 9.55. The summed E-state index contributed by atoms with van der Waals surface area (Å²) in [7, 11) is 1.34. The van der Waals surface area contributed by atoms with E-state index in [9.17, 15) is 4.79 Å². The van der Waals surface area contributed by atoms with Gasteiger partial charge in [-0.1, -0.05) is 18.2 Å². The Morgan fingerprint density at radius 1 is 1.47 bits per heavy atom. The van der Waals surface area contributed by atoms with Crippen LogP contribution in [0.3, 0.4) is 0 Å². The van der Waals surface area contributed by atoms with Crippen LogP contribution in [0.25, 0.3) is 0 Å². The summed E-state index contributed by atoms with van der Waals surface area (Å²) in [4.78, 5) is 15.3. The van der Waals surface area contributed by atoms with E-state index in [4.69, 9.17) is 4.74 Å². The van der Waals surface area contributed by atoms with Gasteiger partial charge in [-0.05, 0) is 18.2 Å². The second kappa shape index (κ2) is 5.30. The van der Waals surface area contributed by atoms with E-state index >= 15 is 0 Å². The predicted molar refractivity (Wildman–Crippen MR) is 63.9 cm³/mol. The molecular weight excluding hydrogens is 218 g/mol. The molecule has 1 aliphatic rings. The van der Waals surface area contributed by atoms with E-state index in [1.807, 2.05) is 30.3 Å². The molecule has 0 saturated carbocycles. The Morgan fingerprint density at radius 3 is 2.94 bits per heavy atom. The Bertz CT molecular complexity index is 451. The summed E-state index contributed by atoms with van der Waals surface area (Å²) < 4.78 is 9.97. The largest absolute Gasteiger partial charge is 0.475 e. The van der Waals surface area contributed by atoms with Gasteiger partial charge in [-0.25, -0.2) is 9.79 Å². The van der Waals surface area contributed by atoms with Crippen molar-refractivity contribution in [3.8, 4) is 0 Å². The van der Waals surface area contributed by atoms with Crippen molar-refractivity contribution in [3.63, 3.8) is 0 Å². The third kappa shape index (κ3) is 2.93. The molecule has 1 aromatic rings. The molecule has 1 aliphatic heterocycles. The second-order valence-electron chi connectivity index (χ2n) is 3.56. The number of esters is 1. The molecule has 0 spiro atoms. The molecule has 0 amide bonds. The average Bonchev–Trinajstić information content (AvgIpc) is 2.86. The highest BCUT2D eigenvalue weighted by molar-refractivity contribution is 5.95. The summed E-state index contributed by atoms with van der Waals surface area (Å²) in [5, 5.41) is 0.